The van der Waals surface area contributed by atoms with Gasteiger partial charge in [-0.2, -0.15) is 0 Å². The summed E-state index contributed by atoms with van der Waals surface area (Å²) in [5.74, 6) is 0. The van der Waals surface area contributed by atoms with Crippen molar-refractivity contribution in [2.24, 2.45) is 0 Å². The molecule has 8 heteroatoms. The van der Waals surface area contributed by atoms with Crippen LogP contribution in [0.25, 0.3) is 0 Å². The van der Waals surface area contributed by atoms with Gasteiger partial charge in [0.15, 0.2) is 11.3 Å². The molecule has 7 nitrogen and oxygen atoms in total. The average Bonchev–Trinajstić information content (AvgIpc) is 2.48. The second kappa shape index (κ2) is 6.97. The number of thiocarbonyl (C=S) groups is 1. The molecule has 0 spiro atoms. The molecule has 2 fully saturated rings. The predicted molar refractivity (Wildman–Crippen MR) is 74.9 cm³/mol. The van der Waals surface area contributed by atoms with Crippen LogP contribution >= 0.6 is 12.2 Å². The maximum absolute atomic E-state index is 9.91. The normalized spacial score (nSPS) is 38.6. The second-order valence-corrected chi connectivity index (χ2v) is 5.63. The van der Waals surface area contributed by atoms with Crippen molar-refractivity contribution in [3.8, 4) is 0 Å². The zero-order chi connectivity index (χ0) is 14.7. The van der Waals surface area contributed by atoms with Crippen molar-refractivity contribution >= 4 is 17.3 Å². The quantitative estimate of drug-likeness (QED) is 0.379. The van der Waals surface area contributed by atoms with Gasteiger partial charge in [0, 0.05) is 13.1 Å². The summed E-state index contributed by atoms with van der Waals surface area (Å²) in [5, 5.41) is 41.7. The fourth-order valence-electron chi connectivity index (χ4n) is 2.53. The average molecular weight is 306 g/mol. The van der Waals surface area contributed by atoms with Crippen LogP contribution < -0.4 is 5.32 Å². The van der Waals surface area contributed by atoms with E-state index in [0.29, 0.717) is 5.11 Å². The molecule has 5 unspecified atom stereocenters. The largest absolute Gasteiger partial charge is 0.394 e. The molecule has 2 heterocycles. The Morgan fingerprint density at radius 2 is 1.75 bits per heavy atom. The molecule has 0 aromatic carbocycles. The van der Waals surface area contributed by atoms with Crippen LogP contribution in [0.3, 0.4) is 0 Å². The van der Waals surface area contributed by atoms with Crippen molar-refractivity contribution in [3.63, 3.8) is 0 Å². The van der Waals surface area contributed by atoms with Crippen LogP contribution in [0.1, 0.15) is 19.3 Å². The molecule has 0 radical (unpaired) electrons. The van der Waals surface area contributed by atoms with E-state index in [0.717, 1.165) is 25.9 Å². The van der Waals surface area contributed by atoms with Crippen molar-refractivity contribution in [1.82, 2.24) is 10.2 Å². The van der Waals surface area contributed by atoms with Gasteiger partial charge < -0.3 is 35.4 Å². The fourth-order valence-corrected chi connectivity index (χ4v) is 2.83. The maximum atomic E-state index is 9.91. The zero-order valence-corrected chi connectivity index (χ0v) is 12.0. The number of likely N-dealkylation sites (tertiary alicyclic amines) is 1. The summed E-state index contributed by atoms with van der Waals surface area (Å²) < 4.78 is 5.36. The number of aliphatic hydroxyl groups excluding tert-OH is 4. The summed E-state index contributed by atoms with van der Waals surface area (Å²) in [7, 11) is 0. The predicted octanol–water partition coefficient (Wildman–Crippen LogP) is -1.85. The lowest BCUT2D eigenvalue weighted by molar-refractivity contribution is -0.232. The van der Waals surface area contributed by atoms with E-state index in [1.807, 2.05) is 4.90 Å². The molecule has 20 heavy (non-hydrogen) atoms. The SMILES string of the molecule is OCC1OC(NC(=S)N2CCCCC2)C(O)C(O)C1O. The van der Waals surface area contributed by atoms with E-state index in [1.54, 1.807) is 0 Å². The summed E-state index contributed by atoms with van der Waals surface area (Å²) in [5.41, 5.74) is 0. The van der Waals surface area contributed by atoms with Crippen molar-refractivity contribution in [2.45, 2.75) is 49.9 Å². The first-order chi connectivity index (χ1) is 9.54. The molecule has 5 N–H and O–H groups in total. The highest BCUT2D eigenvalue weighted by Gasteiger charge is 2.43. The molecular weight excluding hydrogens is 284 g/mol. The van der Waals surface area contributed by atoms with Crippen molar-refractivity contribution in [2.75, 3.05) is 19.7 Å². The molecule has 2 aliphatic rings. The monoisotopic (exact) mass is 306 g/mol. The minimum Gasteiger partial charge on any atom is -0.394 e. The number of nitrogens with zero attached hydrogens (tertiary/aromatic N) is 1. The topological polar surface area (TPSA) is 105 Å². The summed E-state index contributed by atoms with van der Waals surface area (Å²) >= 11 is 5.27. The number of piperidine rings is 1. The van der Waals surface area contributed by atoms with Gasteiger partial charge in [0.05, 0.1) is 6.61 Å². The lowest BCUT2D eigenvalue weighted by Gasteiger charge is -2.41. The van der Waals surface area contributed by atoms with Gasteiger partial charge in [-0.05, 0) is 31.5 Å². The highest BCUT2D eigenvalue weighted by atomic mass is 32.1. The fraction of sp³-hybridized carbons (Fsp3) is 0.917. The summed E-state index contributed by atoms with van der Waals surface area (Å²) in [6, 6.07) is 0. The van der Waals surface area contributed by atoms with Crippen LogP contribution in [0.5, 0.6) is 0 Å². The Balaban J connectivity index is 1.94. The van der Waals surface area contributed by atoms with Crippen LogP contribution in [-0.4, -0.2) is 80.8 Å². The molecule has 0 aromatic heterocycles. The van der Waals surface area contributed by atoms with E-state index in [9.17, 15) is 15.3 Å². The van der Waals surface area contributed by atoms with Crippen molar-refractivity contribution in [1.29, 1.82) is 0 Å². The van der Waals surface area contributed by atoms with E-state index in [1.165, 1.54) is 6.42 Å². The Morgan fingerprint density at radius 1 is 1.10 bits per heavy atom. The van der Waals surface area contributed by atoms with Crippen LogP contribution in [0.15, 0.2) is 0 Å². The minimum absolute atomic E-state index is 0.445. The first-order valence-corrected chi connectivity index (χ1v) is 7.31. The van der Waals surface area contributed by atoms with Gasteiger partial charge in [-0.15, -0.1) is 0 Å². The van der Waals surface area contributed by atoms with Gasteiger partial charge in [0.25, 0.3) is 0 Å². The Kier molecular flexibility index (Phi) is 5.53. The van der Waals surface area contributed by atoms with E-state index in [-0.39, 0.29) is 0 Å². The molecular formula is C12H22N2O5S. The molecule has 0 bridgehead atoms. The number of nitrogens with one attached hydrogen (secondary N) is 1. The van der Waals surface area contributed by atoms with Crippen molar-refractivity contribution in [3.05, 3.63) is 0 Å². The van der Waals surface area contributed by atoms with E-state index in [4.69, 9.17) is 22.1 Å². The number of hydrogen-bond acceptors (Lipinski definition) is 6. The lowest BCUT2D eigenvalue weighted by atomic mass is 9.98. The van der Waals surface area contributed by atoms with Gasteiger partial charge in [-0.25, -0.2) is 0 Å². The molecule has 2 saturated heterocycles. The smallest absolute Gasteiger partial charge is 0.171 e. The van der Waals surface area contributed by atoms with Crippen LogP contribution in [0.2, 0.25) is 0 Å². The van der Waals surface area contributed by atoms with Gasteiger partial charge in [0.1, 0.15) is 24.4 Å². The number of aliphatic hydroxyl groups is 4. The first kappa shape index (κ1) is 15.9. The summed E-state index contributed by atoms with van der Waals surface area (Å²) in [6.07, 6.45) is -2.60. The van der Waals surface area contributed by atoms with E-state index >= 15 is 0 Å². The van der Waals surface area contributed by atoms with Crippen LogP contribution in [0.4, 0.5) is 0 Å². The molecule has 5 atom stereocenters. The standard InChI is InChI=1S/C12H22N2O5S/c15-6-7-8(16)9(17)10(18)11(19-7)13-12(20)14-4-2-1-3-5-14/h7-11,15-18H,1-6H2,(H,13,20). The third-order valence-corrected chi connectivity index (χ3v) is 4.18. The zero-order valence-electron chi connectivity index (χ0n) is 11.2. The number of ether oxygens (including phenoxy) is 1. The van der Waals surface area contributed by atoms with Gasteiger partial charge in [-0.3, -0.25) is 0 Å². The third-order valence-electron chi connectivity index (χ3n) is 3.80. The Bertz CT molecular complexity index is 338. The summed E-state index contributed by atoms with van der Waals surface area (Å²) in [6.45, 7) is 1.26. The number of hydrogen-bond donors (Lipinski definition) is 5. The highest BCUT2D eigenvalue weighted by Crippen LogP contribution is 2.20. The minimum atomic E-state index is -1.39. The Labute approximate surface area is 123 Å². The van der Waals surface area contributed by atoms with E-state index in [2.05, 4.69) is 5.32 Å². The summed E-state index contributed by atoms with van der Waals surface area (Å²) in [4.78, 5) is 1.99. The molecule has 0 aliphatic carbocycles. The highest BCUT2D eigenvalue weighted by molar-refractivity contribution is 7.80. The maximum Gasteiger partial charge on any atom is 0.171 e. The molecule has 2 aliphatic heterocycles. The molecule has 116 valence electrons. The van der Waals surface area contributed by atoms with Crippen LogP contribution in [0, 0.1) is 0 Å². The molecule has 0 saturated carbocycles. The Hall–Kier alpha value is -0.510. The van der Waals surface area contributed by atoms with Crippen LogP contribution in [-0.2, 0) is 4.74 Å². The van der Waals surface area contributed by atoms with Crippen molar-refractivity contribution < 1.29 is 25.2 Å². The molecule has 0 aromatic rings. The third kappa shape index (κ3) is 3.38. The number of rotatable bonds is 2. The first-order valence-electron chi connectivity index (χ1n) is 6.90. The lowest BCUT2D eigenvalue weighted by Crippen LogP contribution is -2.64. The van der Waals surface area contributed by atoms with Gasteiger partial charge in [-0.1, -0.05) is 0 Å². The van der Waals surface area contributed by atoms with E-state index < -0.39 is 37.3 Å². The second-order valence-electron chi connectivity index (χ2n) is 5.25. The molecule has 2 rings (SSSR count). The van der Waals surface area contributed by atoms with Gasteiger partial charge >= 0.3 is 0 Å². The Morgan fingerprint density at radius 3 is 2.35 bits per heavy atom. The van der Waals surface area contributed by atoms with Gasteiger partial charge in [0.2, 0.25) is 0 Å². The molecule has 0 amide bonds.